The lowest BCUT2D eigenvalue weighted by Gasteiger charge is -2.34. The van der Waals surface area contributed by atoms with Crippen molar-refractivity contribution in [2.45, 2.75) is 50.7 Å². The summed E-state index contributed by atoms with van der Waals surface area (Å²) in [7, 11) is 0. The minimum Gasteiger partial charge on any atom is -0.388 e. The fourth-order valence-electron chi connectivity index (χ4n) is 3.73. The van der Waals surface area contributed by atoms with Crippen LogP contribution in [0.2, 0.25) is 0 Å². The van der Waals surface area contributed by atoms with Crippen molar-refractivity contribution in [3.05, 3.63) is 35.6 Å². The molecule has 2 fully saturated rings. The van der Waals surface area contributed by atoms with Crippen LogP contribution in [0.1, 0.15) is 50.2 Å². The van der Waals surface area contributed by atoms with E-state index in [1.165, 1.54) is 25.0 Å². The zero-order valence-electron chi connectivity index (χ0n) is 14.0. The molecule has 1 aliphatic heterocycles. The highest BCUT2D eigenvalue weighted by Crippen LogP contribution is 2.31. The Kier molecular flexibility index (Phi) is 5.85. The third kappa shape index (κ3) is 4.33. The van der Waals surface area contributed by atoms with E-state index in [0.29, 0.717) is 13.1 Å². The van der Waals surface area contributed by atoms with Crippen LogP contribution in [0.5, 0.6) is 0 Å². The van der Waals surface area contributed by atoms with E-state index in [0.717, 1.165) is 31.2 Å². The molecule has 1 amide bonds. The van der Waals surface area contributed by atoms with Crippen LogP contribution < -0.4 is 0 Å². The zero-order chi connectivity index (χ0) is 16.9. The molecule has 0 radical (unpaired) electrons. The van der Waals surface area contributed by atoms with Crippen LogP contribution in [0.4, 0.5) is 4.39 Å². The summed E-state index contributed by atoms with van der Waals surface area (Å²) in [6, 6.07) is 6.01. The molecule has 1 heterocycles. The summed E-state index contributed by atoms with van der Waals surface area (Å²) >= 11 is 0. The molecule has 1 aromatic carbocycles. The van der Waals surface area contributed by atoms with Crippen molar-refractivity contribution < 1.29 is 19.0 Å². The van der Waals surface area contributed by atoms with Crippen LogP contribution >= 0.6 is 0 Å². The summed E-state index contributed by atoms with van der Waals surface area (Å²) in [4.78, 5) is 14.1. The van der Waals surface area contributed by atoms with Crippen LogP contribution in [-0.2, 0) is 9.53 Å². The normalized spacial score (nSPS) is 21.2. The predicted octanol–water partition coefficient (Wildman–Crippen LogP) is 3.06. The van der Waals surface area contributed by atoms with Gasteiger partial charge in [-0.05, 0) is 49.3 Å². The molecular weight excluding hydrogens is 309 g/mol. The molecule has 3 rings (SSSR count). The van der Waals surface area contributed by atoms with Crippen molar-refractivity contribution >= 4 is 5.91 Å². The number of rotatable bonds is 5. The van der Waals surface area contributed by atoms with Crippen molar-refractivity contribution in [1.29, 1.82) is 0 Å². The maximum absolute atomic E-state index is 13.0. The second-order valence-electron chi connectivity index (χ2n) is 6.93. The Labute approximate surface area is 142 Å². The molecule has 132 valence electrons. The number of halogens is 1. The minimum atomic E-state index is -0.599. The smallest absolute Gasteiger partial charge is 0.248 e. The Morgan fingerprint density at radius 3 is 2.42 bits per heavy atom. The molecule has 0 unspecified atom stereocenters. The lowest BCUT2D eigenvalue weighted by Crippen LogP contribution is -2.41. The van der Waals surface area contributed by atoms with E-state index in [2.05, 4.69) is 0 Å². The maximum atomic E-state index is 13.0. The summed E-state index contributed by atoms with van der Waals surface area (Å²) in [5, 5.41) is 10.5. The van der Waals surface area contributed by atoms with Gasteiger partial charge in [0.2, 0.25) is 5.91 Å². The quantitative estimate of drug-likeness (QED) is 0.900. The van der Waals surface area contributed by atoms with E-state index in [1.807, 2.05) is 4.90 Å². The van der Waals surface area contributed by atoms with Gasteiger partial charge in [-0.1, -0.05) is 25.0 Å². The fraction of sp³-hybridized carbons (Fsp3) is 0.632. The largest absolute Gasteiger partial charge is 0.388 e. The van der Waals surface area contributed by atoms with Gasteiger partial charge in [0.25, 0.3) is 0 Å². The average Bonchev–Trinajstić information content (AvgIpc) is 3.13. The van der Waals surface area contributed by atoms with Crippen molar-refractivity contribution in [3.8, 4) is 0 Å². The number of carbonyl (C=O) groups is 1. The highest BCUT2D eigenvalue weighted by Gasteiger charge is 2.28. The number of hydrogen-bond donors (Lipinski definition) is 1. The SMILES string of the molecule is O=C(COC1CCCC1)N1CCC([C@H](O)c2ccc(F)cc2)CC1. The Hall–Kier alpha value is -1.46. The number of nitrogens with zero attached hydrogens (tertiary/aromatic N) is 1. The van der Waals surface area contributed by atoms with Crippen molar-refractivity contribution in [3.63, 3.8) is 0 Å². The van der Waals surface area contributed by atoms with Crippen LogP contribution in [-0.4, -0.2) is 41.7 Å². The van der Waals surface area contributed by atoms with Crippen LogP contribution in [0.15, 0.2) is 24.3 Å². The second kappa shape index (κ2) is 8.08. The Balaban J connectivity index is 1.44. The van der Waals surface area contributed by atoms with Gasteiger partial charge in [-0.2, -0.15) is 0 Å². The van der Waals surface area contributed by atoms with E-state index in [4.69, 9.17) is 4.74 Å². The molecule has 5 heteroatoms. The van der Waals surface area contributed by atoms with Crippen molar-refractivity contribution in [1.82, 2.24) is 4.90 Å². The number of amides is 1. The van der Waals surface area contributed by atoms with Crippen molar-refractivity contribution in [2.24, 2.45) is 5.92 Å². The maximum Gasteiger partial charge on any atom is 0.248 e. The first-order valence-corrected chi connectivity index (χ1v) is 8.96. The highest BCUT2D eigenvalue weighted by atomic mass is 19.1. The molecule has 1 saturated carbocycles. The van der Waals surface area contributed by atoms with Gasteiger partial charge in [-0.25, -0.2) is 4.39 Å². The van der Waals surface area contributed by atoms with Gasteiger partial charge in [-0.15, -0.1) is 0 Å². The van der Waals surface area contributed by atoms with Gasteiger partial charge in [0, 0.05) is 13.1 Å². The van der Waals surface area contributed by atoms with Gasteiger partial charge in [0.1, 0.15) is 12.4 Å². The molecule has 1 saturated heterocycles. The standard InChI is InChI=1S/C19H26FNO3/c20-16-7-5-14(6-8-16)19(23)15-9-11-21(12-10-15)18(22)13-24-17-3-1-2-4-17/h5-8,15,17,19,23H,1-4,9-13H2/t19-/m1/s1. The molecule has 24 heavy (non-hydrogen) atoms. The molecule has 1 aliphatic carbocycles. The monoisotopic (exact) mass is 335 g/mol. The molecule has 0 bridgehead atoms. The molecule has 0 aromatic heterocycles. The summed E-state index contributed by atoms with van der Waals surface area (Å²) < 4.78 is 18.7. The number of benzene rings is 1. The molecular formula is C19H26FNO3. The number of carbonyl (C=O) groups excluding carboxylic acids is 1. The zero-order valence-corrected chi connectivity index (χ0v) is 14.0. The van der Waals surface area contributed by atoms with E-state index >= 15 is 0 Å². The molecule has 2 aliphatic rings. The first-order chi connectivity index (χ1) is 11.6. The van der Waals surface area contributed by atoms with Crippen LogP contribution in [0, 0.1) is 11.7 Å². The fourth-order valence-corrected chi connectivity index (χ4v) is 3.73. The molecule has 4 nitrogen and oxygen atoms in total. The summed E-state index contributed by atoms with van der Waals surface area (Å²) in [6.45, 7) is 1.47. The van der Waals surface area contributed by atoms with Gasteiger partial charge in [-0.3, -0.25) is 4.79 Å². The molecule has 1 N–H and O–H groups in total. The van der Waals surface area contributed by atoms with E-state index in [-0.39, 0.29) is 30.4 Å². The second-order valence-corrected chi connectivity index (χ2v) is 6.93. The summed E-state index contributed by atoms with van der Waals surface area (Å²) in [5.74, 6) is -0.138. The Morgan fingerprint density at radius 2 is 1.79 bits per heavy atom. The number of piperidine rings is 1. The lowest BCUT2D eigenvalue weighted by molar-refractivity contribution is -0.140. The predicted molar refractivity (Wildman–Crippen MR) is 88.9 cm³/mol. The highest BCUT2D eigenvalue weighted by molar-refractivity contribution is 5.77. The third-order valence-corrected chi connectivity index (χ3v) is 5.30. The van der Waals surface area contributed by atoms with Gasteiger partial charge in [0.15, 0.2) is 0 Å². The van der Waals surface area contributed by atoms with E-state index in [1.54, 1.807) is 12.1 Å². The van der Waals surface area contributed by atoms with E-state index in [9.17, 15) is 14.3 Å². The first kappa shape index (κ1) is 17.4. The van der Waals surface area contributed by atoms with Crippen molar-refractivity contribution in [2.75, 3.05) is 19.7 Å². The van der Waals surface area contributed by atoms with Gasteiger partial charge >= 0.3 is 0 Å². The van der Waals surface area contributed by atoms with Gasteiger partial charge in [0.05, 0.1) is 12.2 Å². The van der Waals surface area contributed by atoms with Gasteiger partial charge < -0.3 is 14.7 Å². The number of aliphatic hydroxyl groups is 1. The average molecular weight is 335 g/mol. The third-order valence-electron chi connectivity index (χ3n) is 5.30. The van der Waals surface area contributed by atoms with Crippen LogP contribution in [0.3, 0.4) is 0 Å². The summed E-state index contributed by atoms with van der Waals surface area (Å²) in [5.41, 5.74) is 0.741. The summed E-state index contributed by atoms with van der Waals surface area (Å²) in [6.07, 6.45) is 5.71. The van der Waals surface area contributed by atoms with Crippen LogP contribution in [0.25, 0.3) is 0 Å². The molecule has 0 spiro atoms. The molecule has 1 aromatic rings. The first-order valence-electron chi connectivity index (χ1n) is 8.96. The number of ether oxygens (including phenoxy) is 1. The van der Waals surface area contributed by atoms with E-state index < -0.39 is 6.10 Å². The number of aliphatic hydroxyl groups excluding tert-OH is 1. The number of hydrogen-bond acceptors (Lipinski definition) is 3. The Bertz CT molecular complexity index is 534. The lowest BCUT2D eigenvalue weighted by atomic mass is 9.87. The Morgan fingerprint density at radius 1 is 1.17 bits per heavy atom. The minimum absolute atomic E-state index is 0.0524. The topological polar surface area (TPSA) is 49.8 Å². The number of likely N-dealkylation sites (tertiary alicyclic amines) is 1. The molecule has 1 atom stereocenters.